The number of alkyl halides is 4. The first-order valence-corrected chi connectivity index (χ1v) is 8.02. The molecule has 0 bridgehead atoms. The Hall–Kier alpha value is -1.48. The van der Waals surface area contributed by atoms with E-state index in [1.807, 2.05) is 0 Å². The molecule has 0 unspecified atom stereocenters. The number of aryl methyl sites for hydroxylation is 2. The molecule has 2 rings (SSSR count). The van der Waals surface area contributed by atoms with Crippen molar-refractivity contribution in [1.82, 2.24) is 9.97 Å². The molecule has 2 heterocycles. The van der Waals surface area contributed by atoms with Gasteiger partial charge in [0, 0.05) is 12.4 Å². The molecule has 0 aliphatic heterocycles. The second kappa shape index (κ2) is 8.94. The average molecular weight is 414 g/mol. The molecule has 0 saturated carbocycles. The van der Waals surface area contributed by atoms with E-state index in [-0.39, 0.29) is 10.0 Å². The number of hydrogen-bond donors (Lipinski definition) is 2. The van der Waals surface area contributed by atoms with Gasteiger partial charge in [-0.05, 0) is 37.1 Å². The molecular weight excluding hydrogens is 397 g/mol. The van der Waals surface area contributed by atoms with Crippen LogP contribution in [0, 0.1) is 13.8 Å². The fourth-order valence-corrected chi connectivity index (χ4v) is 2.50. The molecule has 0 saturated heterocycles. The van der Waals surface area contributed by atoms with Gasteiger partial charge in [0.2, 0.25) is 0 Å². The number of nitrogens with zero attached hydrogens (tertiary/aromatic N) is 2. The highest BCUT2D eigenvalue weighted by molar-refractivity contribution is 6.31. The molecule has 0 fully saturated rings. The van der Waals surface area contributed by atoms with Crippen LogP contribution in [-0.4, -0.2) is 28.2 Å². The second-order valence-electron chi connectivity index (χ2n) is 5.46. The fraction of sp³-hybridized carbons (Fsp3) is 0.375. The maximum atomic E-state index is 13.0. The smallest absolute Gasteiger partial charge is 0.313 e. The van der Waals surface area contributed by atoms with Gasteiger partial charge in [-0.3, -0.25) is 9.97 Å². The van der Waals surface area contributed by atoms with Crippen LogP contribution in [0.25, 0.3) is 0 Å². The quantitative estimate of drug-likeness (QED) is 0.735. The van der Waals surface area contributed by atoms with Crippen LogP contribution in [0.4, 0.5) is 17.6 Å². The Morgan fingerprint density at radius 1 is 0.923 bits per heavy atom. The fourth-order valence-electron chi connectivity index (χ4n) is 1.78. The van der Waals surface area contributed by atoms with Crippen molar-refractivity contribution in [3.63, 3.8) is 0 Å². The van der Waals surface area contributed by atoms with Crippen LogP contribution >= 0.6 is 23.2 Å². The summed E-state index contributed by atoms with van der Waals surface area (Å²) in [6.07, 6.45) is 2.62. The van der Waals surface area contributed by atoms with Crippen LogP contribution in [0.1, 0.15) is 22.5 Å². The van der Waals surface area contributed by atoms with E-state index in [4.69, 9.17) is 34.0 Å². The molecule has 10 heteroatoms. The van der Waals surface area contributed by atoms with Crippen LogP contribution in [0.2, 0.25) is 10.0 Å². The zero-order valence-electron chi connectivity index (χ0n) is 13.9. The van der Waals surface area contributed by atoms with E-state index in [2.05, 4.69) is 9.97 Å². The lowest BCUT2D eigenvalue weighted by Gasteiger charge is -2.14. The molecule has 0 aliphatic carbocycles. The Morgan fingerprint density at radius 2 is 1.31 bits per heavy atom. The third-order valence-corrected chi connectivity index (χ3v) is 3.68. The van der Waals surface area contributed by atoms with Crippen LogP contribution in [0.5, 0.6) is 0 Å². The van der Waals surface area contributed by atoms with E-state index in [1.54, 1.807) is 13.8 Å². The highest BCUT2D eigenvalue weighted by atomic mass is 35.5. The Balaban J connectivity index is 0.000000260. The van der Waals surface area contributed by atoms with Gasteiger partial charge in [0.15, 0.2) is 0 Å². The van der Waals surface area contributed by atoms with Gasteiger partial charge in [0.05, 0.1) is 16.6 Å². The van der Waals surface area contributed by atoms with Crippen molar-refractivity contribution in [2.75, 3.05) is 13.2 Å². The van der Waals surface area contributed by atoms with E-state index >= 15 is 0 Å². The van der Waals surface area contributed by atoms with E-state index in [0.29, 0.717) is 5.56 Å². The van der Waals surface area contributed by atoms with Crippen LogP contribution in [0.3, 0.4) is 0 Å². The van der Waals surface area contributed by atoms with E-state index in [0.717, 1.165) is 5.56 Å². The minimum Gasteiger partial charge on any atom is -0.390 e. The maximum Gasteiger partial charge on any atom is 0.313 e. The molecule has 144 valence electrons. The number of nitrogens with two attached hydrogens (primary N) is 1. The van der Waals surface area contributed by atoms with Crippen molar-refractivity contribution in [2.24, 2.45) is 5.73 Å². The number of aliphatic hydroxyl groups is 1. The number of rotatable bonds is 4. The van der Waals surface area contributed by atoms with E-state index < -0.39 is 36.4 Å². The Bertz CT molecular complexity index is 697. The lowest BCUT2D eigenvalue weighted by Crippen LogP contribution is -2.26. The number of hydrogen-bond acceptors (Lipinski definition) is 4. The van der Waals surface area contributed by atoms with Gasteiger partial charge in [-0.1, -0.05) is 23.2 Å². The van der Waals surface area contributed by atoms with Gasteiger partial charge >= 0.3 is 11.8 Å². The van der Waals surface area contributed by atoms with Crippen LogP contribution in [-0.2, 0) is 11.8 Å². The topological polar surface area (TPSA) is 72.0 Å². The monoisotopic (exact) mass is 413 g/mol. The summed E-state index contributed by atoms with van der Waals surface area (Å²) in [5.74, 6) is -6.52. The molecule has 0 radical (unpaired) electrons. The summed E-state index contributed by atoms with van der Waals surface area (Å²) in [5, 5.41) is 8.22. The summed E-state index contributed by atoms with van der Waals surface area (Å²) in [7, 11) is 0. The van der Waals surface area contributed by atoms with Crippen LogP contribution in [0.15, 0.2) is 24.5 Å². The number of aliphatic hydroxyl groups excluding tert-OH is 1. The third-order valence-electron chi connectivity index (χ3n) is 3.10. The zero-order chi connectivity index (χ0) is 20.1. The molecule has 2 aromatic rings. The molecule has 4 nitrogen and oxygen atoms in total. The second-order valence-corrected chi connectivity index (χ2v) is 6.27. The number of pyridine rings is 2. The predicted octanol–water partition coefficient (Wildman–Crippen LogP) is 4.22. The van der Waals surface area contributed by atoms with Gasteiger partial charge < -0.3 is 10.8 Å². The maximum absolute atomic E-state index is 13.0. The minimum atomic E-state index is -3.37. The summed E-state index contributed by atoms with van der Waals surface area (Å²) in [5.41, 5.74) is 5.29. The molecule has 26 heavy (non-hydrogen) atoms. The predicted molar refractivity (Wildman–Crippen MR) is 91.9 cm³/mol. The molecule has 2 aromatic heterocycles. The highest BCUT2D eigenvalue weighted by Crippen LogP contribution is 2.31. The Morgan fingerprint density at radius 3 is 1.62 bits per heavy atom. The van der Waals surface area contributed by atoms with Gasteiger partial charge in [0.25, 0.3) is 0 Å². The van der Waals surface area contributed by atoms with E-state index in [1.165, 1.54) is 24.5 Å². The molecule has 0 amide bonds. The lowest BCUT2D eigenvalue weighted by atomic mass is 10.2. The third kappa shape index (κ3) is 5.77. The normalized spacial score (nSPS) is 11.8. The Labute approximate surface area is 158 Å². The van der Waals surface area contributed by atoms with Crippen molar-refractivity contribution in [3.05, 3.63) is 57.1 Å². The summed E-state index contributed by atoms with van der Waals surface area (Å²) in [6.45, 7) is 1.34. The van der Waals surface area contributed by atoms with Gasteiger partial charge in [-0.25, -0.2) is 0 Å². The Kier molecular flexibility index (Phi) is 7.76. The summed E-state index contributed by atoms with van der Waals surface area (Å²) >= 11 is 11.1. The molecule has 0 aliphatic rings. The largest absolute Gasteiger partial charge is 0.390 e. The van der Waals surface area contributed by atoms with Crippen molar-refractivity contribution < 1.29 is 22.7 Å². The first kappa shape index (κ1) is 22.6. The first-order valence-electron chi connectivity index (χ1n) is 7.26. The standard InChI is InChI=1S/C8H9ClF2N2.C8H8ClF2NO/c1-5-2-6(9)7(13-3-5)8(10,11)4-12;1-5-2-6(9)7(12-3-5)8(10,11)4-13/h2-3H,4,12H2,1H3;2-3,13H,4H2,1H3. The van der Waals surface area contributed by atoms with Gasteiger partial charge in [-0.2, -0.15) is 17.6 Å². The molecular formula is C16H17Cl2F4N3O. The van der Waals surface area contributed by atoms with Gasteiger partial charge in [0.1, 0.15) is 18.0 Å². The summed E-state index contributed by atoms with van der Waals surface area (Å²) in [6, 6.07) is 2.82. The lowest BCUT2D eigenvalue weighted by molar-refractivity contribution is -0.0591. The van der Waals surface area contributed by atoms with Crippen molar-refractivity contribution >= 4 is 23.2 Å². The first-order chi connectivity index (χ1) is 11.9. The highest BCUT2D eigenvalue weighted by Gasteiger charge is 2.35. The summed E-state index contributed by atoms with van der Waals surface area (Å²) in [4.78, 5) is 7.04. The molecule has 0 atom stereocenters. The van der Waals surface area contributed by atoms with Crippen molar-refractivity contribution in [1.29, 1.82) is 0 Å². The zero-order valence-corrected chi connectivity index (χ0v) is 15.4. The van der Waals surface area contributed by atoms with E-state index in [9.17, 15) is 17.6 Å². The number of aromatic nitrogens is 2. The molecule has 3 N–H and O–H groups in total. The van der Waals surface area contributed by atoms with Gasteiger partial charge in [-0.15, -0.1) is 0 Å². The average Bonchev–Trinajstić information content (AvgIpc) is 2.54. The minimum absolute atomic E-state index is 0.0459. The molecule has 0 spiro atoms. The van der Waals surface area contributed by atoms with Crippen LogP contribution < -0.4 is 5.73 Å². The summed E-state index contributed by atoms with van der Waals surface area (Å²) < 4.78 is 51.8. The SMILES string of the molecule is Cc1cnc(C(F)(F)CN)c(Cl)c1.Cc1cnc(C(F)(F)CO)c(Cl)c1. The number of halogens is 6. The molecule has 0 aromatic carbocycles. The van der Waals surface area contributed by atoms with Crippen molar-refractivity contribution in [3.8, 4) is 0 Å². The van der Waals surface area contributed by atoms with Crippen molar-refractivity contribution in [2.45, 2.75) is 25.7 Å².